The van der Waals surface area contributed by atoms with Crippen molar-refractivity contribution in [1.29, 1.82) is 0 Å². The molecule has 11 heavy (non-hydrogen) atoms. The molecule has 1 aliphatic heterocycles. The average molecular weight is 148 g/mol. The van der Waals surface area contributed by atoms with Gasteiger partial charge in [-0.3, -0.25) is 0 Å². The van der Waals surface area contributed by atoms with Crippen LogP contribution in [0, 0.1) is 0 Å². The highest BCUT2D eigenvalue weighted by Gasteiger charge is 2.07. The van der Waals surface area contributed by atoms with E-state index in [0.29, 0.717) is 0 Å². The zero-order chi connectivity index (χ0) is 7.52. The quantitative estimate of drug-likeness (QED) is 0.587. The summed E-state index contributed by atoms with van der Waals surface area (Å²) in [5.74, 6) is 0.869. The van der Waals surface area contributed by atoms with Gasteiger partial charge in [0.25, 0.3) is 0 Å². The topological polar surface area (TPSA) is 41.4 Å². The molecule has 0 atom stereocenters. The smallest absolute Gasteiger partial charge is 0.152 e. The van der Waals surface area contributed by atoms with Gasteiger partial charge in [-0.05, 0) is 0 Å². The van der Waals surface area contributed by atoms with Crippen LogP contribution in [-0.2, 0) is 0 Å². The summed E-state index contributed by atoms with van der Waals surface area (Å²) in [6, 6.07) is 1.85. The fraction of sp³-hybridized carbons (Fsp3) is 0.286. The van der Waals surface area contributed by atoms with E-state index in [9.17, 15) is 0 Å². The molecule has 1 aromatic rings. The molecule has 0 bridgehead atoms. The van der Waals surface area contributed by atoms with Gasteiger partial charge in [0.15, 0.2) is 5.82 Å². The van der Waals surface area contributed by atoms with Crippen LogP contribution >= 0.6 is 0 Å². The fourth-order valence-electron chi connectivity index (χ4n) is 1.00. The van der Waals surface area contributed by atoms with Gasteiger partial charge in [0.1, 0.15) is 6.33 Å². The Balaban J connectivity index is 2.23. The van der Waals surface area contributed by atoms with Gasteiger partial charge in [-0.2, -0.15) is 5.10 Å². The standard InChI is InChI=1S/C7H8N4/c1-3-10-11(5-1)7-2-4-8-6-9-7/h2-4,6H,1,5H2. The van der Waals surface area contributed by atoms with Crippen LogP contribution in [0.25, 0.3) is 0 Å². The maximum Gasteiger partial charge on any atom is 0.152 e. The number of hydrogen-bond acceptors (Lipinski definition) is 4. The van der Waals surface area contributed by atoms with Crippen molar-refractivity contribution in [2.75, 3.05) is 11.6 Å². The second-order valence-corrected chi connectivity index (χ2v) is 2.28. The van der Waals surface area contributed by atoms with Gasteiger partial charge in [0.2, 0.25) is 0 Å². The molecule has 0 N–H and O–H groups in total. The molecule has 2 rings (SSSR count). The number of anilines is 1. The van der Waals surface area contributed by atoms with Crippen molar-refractivity contribution in [3.63, 3.8) is 0 Å². The molecule has 0 saturated carbocycles. The Morgan fingerprint density at radius 3 is 3.09 bits per heavy atom. The van der Waals surface area contributed by atoms with Crippen LogP contribution < -0.4 is 5.01 Å². The Morgan fingerprint density at radius 1 is 1.45 bits per heavy atom. The van der Waals surface area contributed by atoms with Crippen molar-refractivity contribution in [3.8, 4) is 0 Å². The molecule has 0 aliphatic carbocycles. The first-order chi connectivity index (χ1) is 5.47. The predicted molar refractivity (Wildman–Crippen MR) is 42.5 cm³/mol. The summed E-state index contributed by atoms with van der Waals surface area (Å²) in [7, 11) is 0. The number of nitrogens with zero attached hydrogens (tertiary/aromatic N) is 4. The minimum absolute atomic E-state index is 0.869. The minimum Gasteiger partial charge on any atom is -0.248 e. The van der Waals surface area contributed by atoms with Crippen LogP contribution in [0.2, 0.25) is 0 Å². The van der Waals surface area contributed by atoms with Gasteiger partial charge in [0, 0.05) is 31.4 Å². The first kappa shape index (κ1) is 6.27. The van der Waals surface area contributed by atoms with Gasteiger partial charge in [-0.15, -0.1) is 0 Å². The van der Waals surface area contributed by atoms with E-state index < -0.39 is 0 Å². The summed E-state index contributed by atoms with van der Waals surface area (Å²) >= 11 is 0. The van der Waals surface area contributed by atoms with Gasteiger partial charge in [0.05, 0.1) is 0 Å². The predicted octanol–water partition coefficient (Wildman–Crippen LogP) is 0.672. The minimum atomic E-state index is 0.869. The lowest BCUT2D eigenvalue weighted by Gasteiger charge is -2.10. The van der Waals surface area contributed by atoms with E-state index in [1.807, 2.05) is 17.3 Å². The zero-order valence-electron chi connectivity index (χ0n) is 6.01. The summed E-state index contributed by atoms with van der Waals surface area (Å²) in [6.07, 6.45) is 6.14. The molecular formula is C7H8N4. The molecule has 0 aromatic carbocycles. The normalized spacial score (nSPS) is 15.8. The molecule has 0 saturated heterocycles. The van der Waals surface area contributed by atoms with E-state index in [1.165, 1.54) is 6.33 Å². The molecule has 2 heterocycles. The third kappa shape index (κ3) is 1.19. The second kappa shape index (κ2) is 2.65. The summed E-state index contributed by atoms with van der Waals surface area (Å²) < 4.78 is 0. The van der Waals surface area contributed by atoms with Crippen LogP contribution in [0.5, 0.6) is 0 Å². The molecule has 1 aliphatic rings. The van der Waals surface area contributed by atoms with E-state index >= 15 is 0 Å². The van der Waals surface area contributed by atoms with Gasteiger partial charge >= 0.3 is 0 Å². The Morgan fingerprint density at radius 2 is 2.45 bits per heavy atom. The van der Waals surface area contributed by atoms with Crippen molar-refractivity contribution in [2.24, 2.45) is 5.10 Å². The Labute approximate surface area is 64.6 Å². The Bertz CT molecular complexity index is 256. The molecule has 0 amide bonds. The third-order valence-corrected chi connectivity index (χ3v) is 1.52. The fourth-order valence-corrected chi connectivity index (χ4v) is 1.00. The highest BCUT2D eigenvalue weighted by Crippen LogP contribution is 2.11. The molecule has 0 unspecified atom stereocenters. The van der Waals surface area contributed by atoms with Gasteiger partial charge < -0.3 is 0 Å². The molecule has 4 heteroatoms. The number of hydrogen-bond donors (Lipinski definition) is 0. The average Bonchev–Trinajstić information content (AvgIpc) is 2.58. The molecule has 0 spiro atoms. The third-order valence-electron chi connectivity index (χ3n) is 1.52. The molecule has 0 radical (unpaired) electrons. The Kier molecular flexibility index (Phi) is 1.51. The summed E-state index contributed by atoms with van der Waals surface area (Å²) in [6.45, 7) is 0.928. The van der Waals surface area contributed by atoms with Crippen molar-refractivity contribution in [1.82, 2.24) is 9.97 Å². The van der Waals surface area contributed by atoms with E-state index in [2.05, 4.69) is 15.1 Å². The SMILES string of the molecule is C1=NN(c2ccncn2)CC1. The first-order valence-corrected chi connectivity index (χ1v) is 3.53. The number of rotatable bonds is 1. The van der Waals surface area contributed by atoms with Crippen molar-refractivity contribution in [2.45, 2.75) is 6.42 Å². The van der Waals surface area contributed by atoms with E-state index in [1.54, 1.807) is 6.20 Å². The van der Waals surface area contributed by atoms with Crippen LogP contribution in [0.15, 0.2) is 23.7 Å². The first-order valence-electron chi connectivity index (χ1n) is 3.53. The van der Waals surface area contributed by atoms with E-state index in [-0.39, 0.29) is 0 Å². The van der Waals surface area contributed by atoms with Gasteiger partial charge in [-0.1, -0.05) is 0 Å². The molecular weight excluding hydrogens is 140 g/mol. The lowest BCUT2D eigenvalue weighted by molar-refractivity contribution is 0.889. The molecule has 4 nitrogen and oxygen atoms in total. The monoisotopic (exact) mass is 148 g/mol. The van der Waals surface area contributed by atoms with Crippen molar-refractivity contribution < 1.29 is 0 Å². The zero-order valence-corrected chi connectivity index (χ0v) is 6.01. The van der Waals surface area contributed by atoms with E-state index in [0.717, 1.165) is 18.8 Å². The van der Waals surface area contributed by atoms with Crippen molar-refractivity contribution in [3.05, 3.63) is 18.6 Å². The number of aromatic nitrogens is 2. The highest BCUT2D eigenvalue weighted by molar-refractivity contribution is 5.63. The van der Waals surface area contributed by atoms with Gasteiger partial charge in [-0.25, -0.2) is 15.0 Å². The molecule has 0 fully saturated rings. The summed E-state index contributed by atoms with van der Waals surface area (Å²) in [5.41, 5.74) is 0. The maximum atomic E-state index is 4.12. The number of hydrazone groups is 1. The summed E-state index contributed by atoms with van der Waals surface area (Å²) in [4.78, 5) is 7.89. The highest BCUT2D eigenvalue weighted by atomic mass is 15.5. The van der Waals surface area contributed by atoms with Crippen LogP contribution in [0.4, 0.5) is 5.82 Å². The van der Waals surface area contributed by atoms with Crippen LogP contribution in [0.3, 0.4) is 0 Å². The van der Waals surface area contributed by atoms with Crippen LogP contribution in [-0.4, -0.2) is 22.7 Å². The van der Waals surface area contributed by atoms with Crippen LogP contribution in [0.1, 0.15) is 6.42 Å². The maximum absolute atomic E-state index is 4.12. The summed E-state index contributed by atoms with van der Waals surface area (Å²) in [5, 5.41) is 5.99. The lowest BCUT2D eigenvalue weighted by Crippen LogP contribution is -2.13. The van der Waals surface area contributed by atoms with Crippen molar-refractivity contribution >= 4 is 12.0 Å². The Hall–Kier alpha value is -1.45. The molecule has 1 aromatic heterocycles. The van der Waals surface area contributed by atoms with E-state index in [4.69, 9.17) is 0 Å². The largest absolute Gasteiger partial charge is 0.248 e. The second-order valence-electron chi connectivity index (χ2n) is 2.28. The molecule has 56 valence electrons. The lowest BCUT2D eigenvalue weighted by atomic mass is 10.5.